The molecule has 1 saturated heterocycles. The van der Waals surface area contributed by atoms with Gasteiger partial charge in [0.1, 0.15) is 0 Å². The summed E-state index contributed by atoms with van der Waals surface area (Å²) in [6.45, 7) is 8.05. The van der Waals surface area contributed by atoms with E-state index >= 15 is 0 Å². The molecule has 22 heavy (non-hydrogen) atoms. The van der Waals surface area contributed by atoms with Crippen LogP contribution in [0.15, 0.2) is 18.2 Å². The fraction of sp³-hybridized carbons (Fsp3) is 0.611. The first-order valence-corrected chi connectivity index (χ1v) is 8.07. The first kappa shape index (κ1) is 19.0. The molecule has 2 N–H and O–H groups in total. The minimum atomic E-state index is 0. The smallest absolute Gasteiger partial charge is 0.222 e. The molecule has 2 rings (SSSR count). The lowest BCUT2D eigenvalue weighted by atomic mass is 9.90. The highest BCUT2D eigenvalue weighted by molar-refractivity contribution is 5.85. The van der Waals surface area contributed by atoms with Gasteiger partial charge >= 0.3 is 0 Å². The molecule has 1 aliphatic heterocycles. The van der Waals surface area contributed by atoms with Crippen LogP contribution in [0.4, 0.5) is 0 Å². The van der Waals surface area contributed by atoms with Gasteiger partial charge in [-0.1, -0.05) is 23.8 Å². The normalized spacial score (nSPS) is 17.0. The molecular formula is C18H29ClN2O. The van der Waals surface area contributed by atoms with Crippen LogP contribution >= 0.6 is 12.4 Å². The van der Waals surface area contributed by atoms with E-state index < -0.39 is 0 Å². The molecule has 1 aromatic carbocycles. The molecular weight excluding hydrogens is 296 g/mol. The fourth-order valence-corrected chi connectivity index (χ4v) is 3.20. The lowest BCUT2D eigenvalue weighted by molar-refractivity contribution is -0.132. The summed E-state index contributed by atoms with van der Waals surface area (Å²) in [4.78, 5) is 14.3. The second-order valence-electron chi connectivity index (χ2n) is 6.51. The van der Waals surface area contributed by atoms with Crippen molar-refractivity contribution in [2.24, 2.45) is 11.7 Å². The van der Waals surface area contributed by atoms with E-state index in [4.69, 9.17) is 5.73 Å². The van der Waals surface area contributed by atoms with Crippen molar-refractivity contribution in [2.45, 2.75) is 52.5 Å². The van der Waals surface area contributed by atoms with E-state index in [-0.39, 0.29) is 24.4 Å². The average molecular weight is 325 g/mol. The zero-order valence-corrected chi connectivity index (χ0v) is 14.8. The van der Waals surface area contributed by atoms with Gasteiger partial charge in [0.15, 0.2) is 0 Å². The Morgan fingerprint density at radius 1 is 1.32 bits per heavy atom. The molecule has 0 aliphatic carbocycles. The summed E-state index contributed by atoms with van der Waals surface area (Å²) in [5.41, 5.74) is 9.81. The number of nitrogens with zero attached hydrogens (tertiary/aromatic N) is 1. The van der Waals surface area contributed by atoms with Gasteiger partial charge in [0.2, 0.25) is 5.91 Å². The molecule has 0 bridgehead atoms. The molecule has 1 fully saturated rings. The Kier molecular flexibility index (Phi) is 7.37. The molecule has 0 aromatic heterocycles. The Morgan fingerprint density at radius 3 is 2.50 bits per heavy atom. The zero-order chi connectivity index (χ0) is 15.4. The topological polar surface area (TPSA) is 46.3 Å². The third kappa shape index (κ3) is 4.99. The van der Waals surface area contributed by atoms with Crippen molar-refractivity contribution in [1.29, 1.82) is 0 Å². The van der Waals surface area contributed by atoms with E-state index in [2.05, 4.69) is 39.0 Å². The van der Waals surface area contributed by atoms with Crippen LogP contribution in [0.1, 0.15) is 42.9 Å². The van der Waals surface area contributed by atoms with Gasteiger partial charge in [-0.2, -0.15) is 0 Å². The van der Waals surface area contributed by atoms with Crippen LogP contribution < -0.4 is 5.73 Å². The van der Waals surface area contributed by atoms with Crippen molar-refractivity contribution in [3.8, 4) is 0 Å². The van der Waals surface area contributed by atoms with E-state index in [1.54, 1.807) is 0 Å². The standard InChI is InChI=1S/C18H28N2O.ClH/c1-13-4-5-16(14(2)12-13)6-7-18(21)20-10-8-17(9-11-20)15(3)19;/h4-5,12,15,17H,6-11,19H2,1-3H3;1H. The van der Waals surface area contributed by atoms with E-state index in [1.807, 2.05) is 4.90 Å². The van der Waals surface area contributed by atoms with Crippen molar-refractivity contribution in [3.05, 3.63) is 34.9 Å². The highest BCUT2D eigenvalue weighted by Gasteiger charge is 2.24. The first-order chi connectivity index (χ1) is 9.97. The number of nitrogens with two attached hydrogens (primary N) is 1. The number of aryl methyl sites for hydroxylation is 3. The van der Waals surface area contributed by atoms with Gasteiger partial charge in [-0.15, -0.1) is 12.4 Å². The van der Waals surface area contributed by atoms with Crippen LogP contribution in [-0.4, -0.2) is 29.9 Å². The van der Waals surface area contributed by atoms with Gasteiger partial charge in [0.25, 0.3) is 0 Å². The van der Waals surface area contributed by atoms with Gasteiger partial charge in [-0.05, 0) is 57.1 Å². The second kappa shape index (κ2) is 8.54. The minimum Gasteiger partial charge on any atom is -0.343 e. The molecule has 124 valence electrons. The van der Waals surface area contributed by atoms with Crippen molar-refractivity contribution in [3.63, 3.8) is 0 Å². The third-order valence-electron chi connectivity index (χ3n) is 4.74. The molecule has 1 aromatic rings. The molecule has 0 spiro atoms. The van der Waals surface area contributed by atoms with Crippen molar-refractivity contribution in [2.75, 3.05) is 13.1 Å². The maximum absolute atomic E-state index is 12.3. The van der Waals surface area contributed by atoms with Gasteiger partial charge in [0, 0.05) is 25.6 Å². The minimum absolute atomic E-state index is 0. The lowest BCUT2D eigenvalue weighted by Crippen LogP contribution is -2.42. The molecule has 4 heteroatoms. The third-order valence-corrected chi connectivity index (χ3v) is 4.74. The maximum Gasteiger partial charge on any atom is 0.222 e. The number of likely N-dealkylation sites (tertiary alicyclic amines) is 1. The predicted molar refractivity (Wildman–Crippen MR) is 94.4 cm³/mol. The van der Waals surface area contributed by atoms with E-state index in [1.165, 1.54) is 16.7 Å². The summed E-state index contributed by atoms with van der Waals surface area (Å²) in [7, 11) is 0. The molecule has 0 saturated carbocycles. The molecule has 1 aliphatic rings. The summed E-state index contributed by atoms with van der Waals surface area (Å²) in [5.74, 6) is 0.867. The fourth-order valence-electron chi connectivity index (χ4n) is 3.20. The summed E-state index contributed by atoms with van der Waals surface area (Å²) < 4.78 is 0. The maximum atomic E-state index is 12.3. The molecule has 1 unspecified atom stereocenters. The Labute approximate surface area is 140 Å². The van der Waals surface area contributed by atoms with Crippen LogP contribution in [0.3, 0.4) is 0 Å². The number of amides is 1. The largest absolute Gasteiger partial charge is 0.343 e. The number of hydrogen-bond acceptors (Lipinski definition) is 2. The Balaban J connectivity index is 0.00000242. The first-order valence-electron chi connectivity index (χ1n) is 8.07. The van der Waals surface area contributed by atoms with Crippen LogP contribution in [0.25, 0.3) is 0 Å². The SMILES string of the molecule is Cc1ccc(CCC(=O)N2CCC(C(C)N)CC2)c(C)c1.Cl. The van der Waals surface area contributed by atoms with Crippen molar-refractivity contribution < 1.29 is 4.79 Å². The lowest BCUT2D eigenvalue weighted by Gasteiger charge is -2.33. The Morgan fingerprint density at radius 2 is 1.95 bits per heavy atom. The van der Waals surface area contributed by atoms with Crippen molar-refractivity contribution in [1.82, 2.24) is 4.90 Å². The van der Waals surface area contributed by atoms with Crippen molar-refractivity contribution >= 4 is 18.3 Å². The molecule has 1 amide bonds. The van der Waals surface area contributed by atoms with Gasteiger partial charge in [0.05, 0.1) is 0 Å². The number of rotatable bonds is 4. The average Bonchev–Trinajstić information content (AvgIpc) is 2.46. The summed E-state index contributed by atoms with van der Waals surface area (Å²) in [5, 5.41) is 0. The summed E-state index contributed by atoms with van der Waals surface area (Å²) >= 11 is 0. The van der Waals surface area contributed by atoms with Crippen LogP contribution in [-0.2, 0) is 11.2 Å². The molecule has 0 radical (unpaired) electrons. The number of carbonyl (C=O) groups is 1. The van der Waals surface area contributed by atoms with Crippen LogP contribution in [0, 0.1) is 19.8 Å². The van der Waals surface area contributed by atoms with Crippen LogP contribution in [0.2, 0.25) is 0 Å². The second-order valence-corrected chi connectivity index (χ2v) is 6.51. The van der Waals surface area contributed by atoms with E-state index in [9.17, 15) is 4.79 Å². The van der Waals surface area contributed by atoms with Crippen LogP contribution in [0.5, 0.6) is 0 Å². The number of piperidine rings is 1. The number of benzene rings is 1. The molecule has 3 nitrogen and oxygen atoms in total. The molecule has 1 atom stereocenters. The highest BCUT2D eigenvalue weighted by atomic mass is 35.5. The van der Waals surface area contributed by atoms with E-state index in [0.717, 1.165) is 32.4 Å². The Bertz CT molecular complexity index is 494. The number of halogens is 1. The van der Waals surface area contributed by atoms with Gasteiger partial charge < -0.3 is 10.6 Å². The number of carbonyl (C=O) groups excluding carboxylic acids is 1. The summed E-state index contributed by atoms with van der Waals surface area (Å²) in [6, 6.07) is 6.72. The predicted octanol–water partition coefficient (Wildman–Crippen LogP) is 3.24. The van der Waals surface area contributed by atoms with Gasteiger partial charge in [-0.3, -0.25) is 4.79 Å². The summed E-state index contributed by atoms with van der Waals surface area (Å²) in [6.07, 6.45) is 3.56. The number of hydrogen-bond donors (Lipinski definition) is 1. The zero-order valence-electron chi connectivity index (χ0n) is 14.0. The van der Waals surface area contributed by atoms with Gasteiger partial charge in [-0.25, -0.2) is 0 Å². The quantitative estimate of drug-likeness (QED) is 0.924. The Hall–Kier alpha value is -1.06. The highest BCUT2D eigenvalue weighted by Crippen LogP contribution is 2.20. The monoisotopic (exact) mass is 324 g/mol. The molecule has 1 heterocycles. The van der Waals surface area contributed by atoms with E-state index in [0.29, 0.717) is 12.3 Å².